The molecule has 4 aromatic rings. The van der Waals surface area contributed by atoms with Crippen LogP contribution in [0.5, 0.6) is 0 Å². The van der Waals surface area contributed by atoms with Crippen molar-refractivity contribution >= 4 is 22.7 Å². The molecule has 2 aromatic carbocycles. The molecule has 0 fully saturated rings. The summed E-state index contributed by atoms with van der Waals surface area (Å²) in [6.45, 7) is 0.844. The number of para-hydroxylation sites is 1. The van der Waals surface area contributed by atoms with Gasteiger partial charge in [0, 0.05) is 24.0 Å². The van der Waals surface area contributed by atoms with Gasteiger partial charge in [-0.1, -0.05) is 48.5 Å². The van der Waals surface area contributed by atoms with Gasteiger partial charge in [0.1, 0.15) is 11.2 Å². The van der Waals surface area contributed by atoms with Crippen LogP contribution in [0.1, 0.15) is 12.0 Å². The van der Waals surface area contributed by atoms with Crippen LogP contribution in [0, 0.1) is 0 Å². The van der Waals surface area contributed by atoms with Crippen LogP contribution in [-0.4, -0.2) is 26.5 Å². The summed E-state index contributed by atoms with van der Waals surface area (Å²) in [5, 5.41) is 0.392. The van der Waals surface area contributed by atoms with Crippen molar-refractivity contribution in [3.63, 3.8) is 0 Å². The van der Waals surface area contributed by atoms with Gasteiger partial charge in [-0.2, -0.15) is 4.98 Å². The van der Waals surface area contributed by atoms with Crippen LogP contribution in [-0.2, 0) is 6.42 Å². The molecule has 0 saturated carbocycles. The molecular formula is C21H17N5O. The Labute approximate surface area is 155 Å². The molecule has 1 aliphatic rings. The number of hydrogen-bond acceptors (Lipinski definition) is 5. The summed E-state index contributed by atoms with van der Waals surface area (Å²) in [5.41, 5.74) is 3.43. The van der Waals surface area contributed by atoms with Crippen LogP contribution in [0.3, 0.4) is 0 Å². The molecule has 0 atom stereocenters. The Kier molecular flexibility index (Phi) is 3.67. The molecule has 0 bridgehead atoms. The lowest BCUT2D eigenvalue weighted by atomic mass is 10.0. The summed E-state index contributed by atoms with van der Waals surface area (Å²) >= 11 is 0. The first-order valence-corrected chi connectivity index (χ1v) is 8.97. The van der Waals surface area contributed by atoms with E-state index in [0.717, 1.165) is 30.6 Å². The standard InChI is InChI=1S/C21H17N5O/c27-20-16-13-22-21(26-12-6-10-14-7-4-5-11-17(14)26)25-19(16)23-18(24-20)15-8-2-1-3-9-15/h1-5,7-9,11,13H,6,10,12H2,(H,22,23,24,25,27). The van der Waals surface area contributed by atoms with E-state index < -0.39 is 0 Å². The first-order valence-electron chi connectivity index (χ1n) is 8.97. The van der Waals surface area contributed by atoms with Gasteiger partial charge in [-0.15, -0.1) is 0 Å². The molecule has 0 aliphatic carbocycles. The minimum Gasteiger partial charge on any atom is -0.310 e. The topological polar surface area (TPSA) is 74.8 Å². The second-order valence-electron chi connectivity index (χ2n) is 6.57. The Morgan fingerprint density at radius 3 is 2.67 bits per heavy atom. The van der Waals surface area contributed by atoms with Gasteiger partial charge < -0.3 is 9.88 Å². The number of rotatable bonds is 2. The number of benzene rings is 2. The summed E-state index contributed by atoms with van der Waals surface area (Å²) in [6, 6.07) is 17.9. The monoisotopic (exact) mass is 355 g/mol. The van der Waals surface area contributed by atoms with E-state index in [1.54, 1.807) is 6.20 Å². The Hall–Kier alpha value is -3.54. The SMILES string of the molecule is O=c1[nH]c(-c2ccccc2)nc2nc(N3CCCc4ccccc43)ncc12. The number of fused-ring (bicyclic) bond motifs is 2. The van der Waals surface area contributed by atoms with Crippen LogP contribution in [0.4, 0.5) is 11.6 Å². The number of aryl methyl sites for hydroxylation is 1. The minimum atomic E-state index is -0.232. The predicted molar refractivity (Wildman–Crippen MR) is 105 cm³/mol. The molecule has 1 N–H and O–H groups in total. The third-order valence-corrected chi connectivity index (χ3v) is 4.85. The lowest BCUT2D eigenvalue weighted by Gasteiger charge is -2.29. The quantitative estimate of drug-likeness (QED) is 0.596. The average Bonchev–Trinajstić information content (AvgIpc) is 2.73. The summed E-state index contributed by atoms with van der Waals surface area (Å²) in [6.07, 6.45) is 3.66. The molecule has 6 nitrogen and oxygen atoms in total. The van der Waals surface area contributed by atoms with Crippen LogP contribution in [0.25, 0.3) is 22.4 Å². The fraction of sp³-hybridized carbons (Fsp3) is 0.143. The maximum atomic E-state index is 12.5. The summed E-state index contributed by atoms with van der Waals surface area (Å²) in [5.74, 6) is 1.09. The van der Waals surface area contributed by atoms with Crippen molar-refractivity contribution < 1.29 is 0 Å². The molecule has 3 heterocycles. The van der Waals surface area contributed by atoms with E-state index in [9.17, 15) is 4.79 Å². The van der Waals surface area contributed by atoms with Gasteiger partial charge in [0.2, 0.25) is 5.95 Å². The van der Waals surface area contributed by atoms with E-state index in [0.29, 0.717) is 22.8 Å². The maximum Gasteiger partial charge on any atom is 0.262 e. The van der Waals surface area contributed by atoms with Gasteiger partial charge >= 0.3 is 0 Å². The zero-order chi connectivity index (χ0) is 18.2. The summed E-state index contributed by atoms with van der Waals surface area (Å²) < 4.78 is 0. The van der Waals surface area contributed by atoms with E-state index in [4.69, 9.17) is 0 Å². The van der Waals surface area contributed by atoms with Gasteiger partial charge in [-0.05, 0) is 24.5 Å². The third kappa shape index (κ3) is 2.75. The zero-order valence-electron chi connectivity index (χ0n) is 14.6. The normalized spacial score (nSPS) is 13.6. The number of anilines is 2. The van der Waals surface area contributed by atoms with Crippen molar-refractivity contribution in [3.05, 3.63) is 76.7 Å². The Morgan fingerprint density at radius 2 is 1.78 bits per heavy atom. The van der Waals surface area contributed by atoms with Crippen molar-refractivity contribution in [2.75, 3.05) is 11.4 Å². The fourth-order valence-electron chi connectivity index (χ4n) is 3.52. The highest BCUT2D eigenvalue weighted by molar-refractivity contribution is 5.77. The van der Waals surface area contributed by atoms with Gasteiger partial charge in [0.05, 0.1) is 0 Å². The van der Waals surface area contributed by atoms with Gasteiger partial charge in [0.25, 0.3) is 5.56 Å². The number of hydrogen-bond donors (Lipinski definition) is 1. The van der Waals surface area contributed by atoms with Crippen molar-refractivity contribution in [2.24, 2.45) is 0 Å². The van der Waals surface area contributed by atoms with E-state index >= 15 is 0 Å². The second-order valence-corrected chi connectivity index (χ2v) is 6.57. The Balaban J connectivity index is 1.65. The van der Waals surface area contributed by atoms with E-state index in [-0.39, 0.29) is 5.56 Å². The molecule has 5 rings (SSSR count). The number of aromatic nitrogens is 4. The predicted octanol–water partition coefficient (Wildman–Crippen LogP) is 3.46. The number of nitrogens with one attached hydrogen (secondary N) is 1. The lowest BCUT2D eigenvalue weighted by molar-refractivity contribution is 0.751. The maximum absolute atomic E-state index is 12.5. The molecular weight excluding hydrogens is 338 g/mol. The third-order valence-electron chi connectivity index (χ3n) is 4.85. The van der Waals surface area contributed by atoms with Crippen molar-refractivity contribution in [1.29, 1.82) is 0 Å². The van der Waals surface area contributed by atoms with Crippen LogP contribution in [0.2, 0.25) is 0 Å². The van der Waals surface area contributed by atoms with Crippen LogP contribution < -0.4 is 10.5 Å². The molecule has 0 unspecified atom stereocenters. The number of nitrogens with zero attached hydrogens (tertiary/aromatic N) is 4. The fourth-order valence-corrected chi connectivity index (χ4v) is 3.52. The Morgan fingerprint density at radius 1 is 0.963 bits per heavy atom. The number of H-pyrrole nitrogens is 1. The largest absolute Gasteiger partial charge is 0.310 e. The van der Waals surface area contributed by atoms with Gasteiger partial charge in [-0.3, -0.25) is 4.79 Å². The minimum absolute atomic E-state index is 0.232. The molecule has 0 radical (unpaired) electrons. The van der Waals surface area contributed by atoms with Gasteiger partial charge in [-0.25, -0.2) is 9.97 Å². The van der Waals surface area contributed by atoms with Crippen molar-refractivity contribution in [2.45, 2.75) is 12.8 Å². The Bertz CT molecular complexity index is 1190. The van der Waals surface area contributed by atoms with Crippen molar-refractivity contribution in [3.8, 4) is 11.4 Å². The van der Waals surface area contributed by atoms with Crippen molar-refractivity contribution in [1.82, 2.24) is 19.9 Å². The first kappa shape index (κ1) is 15.7. The molecule has 2 aromatic heterocycles. The first-order chi connectivity index (χ1) is 13.3. The van der Waals surface area contributed by atoms with Crippen LogP contribution >= 0.6 is 0 Å². The average molecular weight is 355 g/mol. The van der Waals surface area contributed by atoms with E-state index in [2.05, 4.69) is 43.0 Å². The highest BCUT2D eigenvalue weighted by Gasteiger charge is 2.20. The molecule has 0 saturated heterocycles. The second kappa shape index (κ2) is 6.32. The zero-order valence-corrected chi connectivity index (χ0v) is 14.6. The molecule has 132 valence electrons. The lowest BCUT2D eigenvalue weighted by Crippen LogP contribution is -2.26. The molecule has 0 amide bonds. The molecule has 1 aliphatic heterocycles. The van der Waals surface area contributed by atoms with Crippen LogP contribution in [0.15, 0.2) is 65.6 Å². The van der Waals surface area contributed by atoms with Gasteiger partial charge in [0.15, 0.2) is 5.65 Å². The van der Waals surface area contributed by atoms with E-state index in [1.165, 1.54) is 5.56 Å². The molecule has 6 heteroatoms. The molecule has 0 spiro atoms. The smallest absolute Gasteiger partial charge is 0.262 e. The highest BCUT2D eigenvalue weighted by Crippen LogP contribution is 2.31. The number of aromatic amines is 1. The summed E-state index contributed by atoms with van der Waals surface area (Å²) in [4.78, 5) is 31.1. The highest BCUT2D eigenvalue weighted by atomic mass is 16.1. The molecule has 27 heavy (non-hydrogen) atoms. The van der Waals surface area contributed by atoms with E-state index in [1.807, 2.05) is 36.4 Å². The summed E-state index contributed by atoms with van der Waals surface area (Å²) in [7, 11) is 0.